The zero-order chi connectivity index (χ0) is 12.7. The van der Waals surface area contributed by atoms with Gasteiger partial charge < -0.3 is 5.73 Å². The van der Waals surface area contributed by atoms with Gasteiger partial charge in [0.1, 0.15) is 5.69 Å². The van der Waals surface area contributed by atoms with E-state index >= 15 is 0 Å². The number of Topliss-reactive ketones (excluding diaryl/α,β-unsaturated/α-hetero) is 1. The van der Waals surface area contributed by atoms with Crippen molar-refractivity contribution < 1.29 is 4.79 Å². The molecule has 1 heterocycles. The molecule has 2 fully saturated rings. The minimum Gasteiger partial charge on any atom is -0.327 e. The number of fused-ring (bicyclic) bond motifs is 2. The normalized spacial score (nSPS) is 34.1. The van der Waals surface area contributed by atoms with E-state index in [4.69, 9.17) is 5.73 Å². The Hall–Kier alpha value is -1.23. The van der Waals surface area contributed by atoms with Crippen molar-refractivity contribution in [2.45, 2.75) is 45.2 Å². The lowest BCUT2D eigenvalue weighted by molar-refractivity contribution is 0.0844. The average Bonchev–Trinajstić information content (AvgIpc) is 3.03. The van der Waals surface area contributed by atoms with Crippen molar-refractivity contribution in [2.75, 3.05) is 0 Å². The molecule has 0 spiro atoms. The summed E-state index contributed by atoms with van der Waals surface area (Å²) in [6.45, 7) is 2.82. The third-order valence-electron chi connectivity index (χ3n) is 4.59. The Labute approximate surface area is 107 Å². The summed E-state index contributed by atoms with van der Waals surface area (Å²) < 4.78 is 1.72. The minimum atomic E-state index is -0.00199. The van der Waals surface area contributed by atoms with Crippen molar-refractivity contribution in [3.63, 3.8) is 0 Å². The summed E-state index contributed by atoms with van der Waals surface area (Å²) in [6, 6.07) is 0.0428. The lowest BCUT2D eigenvalue weighted by Gasteiger charge is -2.26. The quantitative estimate of drug-likeness (QED) is 0.814. The van der Waals surface area contributed by atoms with Gasteiger partial charge in [0.2, 0.25) is 0 Å². The Morgan fingerprint density at radius 1 is 1.50 bits per heavy atom. The third-order valence-corrected chi connectivity index (χ3v) is 4.59. The van der Waals surface area contributed by atoms with Crippen LogP contribution in [0.4, 0.5) is 0 Å². The van der Waals surface area contributed by atoms with Crippen LogP contribution in [0, 0.1) is 17.8 Å². The topological polar surface area (TPSA) is 73.8 Å². The Balaban J connectivity index is 1.84. The molecule has 0 radical (unpaired) electrons. The van der Waals surface area contributed by atoms with Gasteiger partial charge in [-0.05, 0) is 37.5 Å². The zero-order valence-electron chi connectivity index (χ0n) is 10.7. The first-order valence-corrected chi connectivity index (χ1v) is 6.90. The lowest BCUT2D eigenvalue weighted by atomic mass is 9.81. The SMILES string of the molecule is CCCn1nncc1C(=O)C1C2CCC(C2)C1N. The van der Waals surface area contributed by atoms with Gasteiger partial charge in [0.15, 0.2) is 5.78 Å². The van der Waals surface area contributed by atoms with Gasteiger partial charge in [0, 0.05) is 18.5 Å². The van der Waals surface area contributed by atoms with Crippen molar-refractivity contribution in [3.05, 3.63) is 11.9 Å². The predicted octanol–water partition coefficient (Wildman–Crippen LogP) is 1.24. The number of nitrogens with two attached hydrogens (primary N) is 1. The molecule has 2 saturated carbocycles. The van der Waals surface area contributed by atoms with Gasteiger partial charge in [-0.1, -0.05) is 12.1 Å². The number of hydrogen-bond donors (Lipinski definition) is 1. The smallest absolute Gasteiger partial charge is 0.187 e. The fourth-order valence-electron chi connectivity index (χ4n) is 3.72. The fourth-order valence-corrected chi connectivity index (χ4v) is 3.72. The Morgan fingerprint density at radius 3 is 2.94 bits per heavy atom. The van der Waals surface area contributed by atoms with Gasteiger partial charge in [-0.15, -0.1) is 5.10 Å². The molecule has 1 aromatic rings. The average molecular weight is 248 g/mol. The van der Waals surface area contributed by atoms with E-state index in [1.807, 2.05) is 0 Å². The monoisotopic (exact) mass is 248 g/mol. The number of aromatic nitrogens is 3. The maximum Gasteiger partial charge on any atom is 0.187 e. The maximum atomic E-state index is 12.6. The first-order valence-electron chi connectivity index (χ1n) is 6.90. The summed E-state index contributed by atoms with van der Waals surface area (Å²) in [5.41, 5.74) is 6.87. The zero-order valence-corrected chi connectivity index (χ0v) is 10.7. The largest absolute Gasteiger partial charge is 0.327 e. The van der Waals surface area contributed by atoms with Gasteiger partial charge in [0.05, 0.1) is 6.20 Å². The molecule has 0 amide bonds. The second kappa shape index (κ2) is 4.46. The molecule has 5 heteroatoms. The van der Waals surface area contributed by atoms with E-state index < -0.39 is 0 Å². The number of carbonyl (C=O) groups excluding carboxylic acids is 1. The number of aryl methyl sites for hydroxylation is 1. The Morgan fingerprint density at radius 2 is 2.28 bits per heavy atom. The molecule has 4 atom stereocenters. The van der Waals surface area contributed by atoms with Gasteiger partial charge in [-0.2, -0.15) is 0 Å². The van der Waals surface area contributed by atoms with Crippen LogP contribution in [0.3, 0.4) is 0 Å². The first-order chi connectivity index (χ1) is 8.72. The summed E-state index contributed by atoms with van der Waals surface area (Å²) in [6.07, 6.45) is 6.03. The number of carbonyl (C=O) groups is 1. The van der Waals surface area contributed by atoms with Crippen LogP contribution in [0.5, 0.6) is 0 Å². The molecule has 2 N–H and O–H groups in total. The second-order valence-electron chi connectivity index (χ2n) is 5.64. The second-order valence-corrected chi connectivity index (χ2v) is 5.64. The maximum absolute atomic E-state index is 12.6. The van der Waals surface area contributed by atoms with Crippen LogP contribution in [-0.4, -0.2) is 26.8 Å². The molecule has 0 aliphatic heterocycles. The molecule has 2 aliphatic rings. The Kier molecular flexibility index (Phi) is 2.93. The highest BCUT2D eigenvalue weighted by atomic mass is 16.1. The molecular formula is C13H20N4O. The van der Waals surface area contributed by atoms with Crippen LogP contribution in [0.25, 0.3) is 0 Å². The summed E-state index contributed by atoms with van der Waals surface area (Å²) in [5.74, 6) is 1.20. The van der Waals surface area contributed by atoms with Crippen LogP contribution in [-0.2, 0) is 6.54 Å². The Bertz CT molecular complexity index is 454. The summed E-state index contributed by atoms with van der Waals surface area (Å²) in [7, 11) is 0. The van der Waals surface area contributed by atoms with Crippen molar-refractivity contribution in [1.29, 1.82) is 0 Å². The van der Waals surface area contributed by atoms with Crippen LogP contribution in [0.2, 0.25) is 0 Å². The molecule has 0 aromatic carbocycles. The summed E-state index contributed by atoms with van der Waals surface area (Å²) in [5, 5.41) is 7.86. The molecule has 2 aliphatic carbocycles. The van der Waals surface area contributed by atoms with Crippen molar-refractivity contribution in [2.24, 2.45) is 23.5 Å². The number of rotatable bonds is 4. The predicted molar refractivity (Wildman–Crippen MR) is 66.9 cm³/mol. The first kappa shape index (κ1) is 11.8. The number of nitrogens with zero attached hydrogens (tertiary/aromatic N) is 3. The van der Waals surface area contributed by atoms with Crippen LogP contribution in [0.15, 0.2) is 6.20 Å². The standard InChI is InChI=1S/C13H20N4O/c1-2-5-17-10(7-15-16-17)13(18)11-8-3-4-9(6-8)12(11)14/h7-9,11-12H,2-6,14H2,1H3. The van der Waals surface area contributed by atoms with E-state index in [1.54, 1.807) is 10.9 Å². The molecule has 2 bridgehead atoms. The van der Waals surface area contributed by atoms with Gasteiger partial charge in [-0.25, -0.2) is 4.68 Å². The summed E-state index contributed by atoms with van der Waals surface area (Å²) in [4.78, 5) is 12.6. The van der Waals surface area contributed by atoms with Crippen molar-refractivity contribution in [1.82, 2.24) is 15.0 Å². The molecule has 5 nitrogen and oxygen atoms in total. The molecule has 0 saturated heterocycles. The van der Waals surface area contributed by atoms with E-state index in [2.05, 4.69) is 17.2 Å². The molecule has 1 aromatic heterocycles. The van der Waals surface area contributed by atoms with E-state index in [0.29, 0.717) is 17.5 Å². The fraction of sp³-hybridized carbons (Fsp3) is 0.769. The third kappa shape index (κ3) is 1.68. The highest BCUT2D eigenvalue weighted by Crippen LogP contribution is 2.48. The molecule has 3 rings (SSSR count). The number of ketones is 1. The highest BCUT2D eigenvalue weighted by molar-refractivity contribution is 5.97. The van der Waals surface area contributed by atoms with Gasteiger partial charge in [-0.3, -0.25) is 4.79 Å². The minimum absolute atomic E-state index is 0.00199. The van der Waals surface area contributed by atoms with Crippen LogP contribution >= 0.6 is 0 Å². The van der Waals surface area contributed by atoms with Gasteiger partial charge >= 0.3 is 0 Å². The lowest BCUT2D eigenvalue weighted by Crippen LogP contribution is -2.40. The number of hydrogen-bond acceptors (Lipinski definition) is 4. The molecule has 98 valence electrons. The van der Waals surface area contributed by atoms with E-state index in [0.717, 1.165) is 25.8 Å². The molecular weight excluding hydrogens is 228 g/mol. The summed E-state index contributed by atoms with van der Waals surface area (Å²) >= 11 is 0. The van der Waals surface area contributed by atoms with Crippen molar-refractivity contribution in [3.8, 4) is 0 Å². The van der Waals surface area contributed by atoms with Crippen molar-refractivity contribution >= 4 is 5.78 Å². The van der Waals surface area contributed by atoms with E-state index in [9.17, 15) is 4.79 Å². The van der Waals surface area contributed by atoms with E-state index in [-0.39, 0.29) is 17.7 Å². The molecule has 4 unspecified atom stereocenters. The van der Waals surface area contributed by atoms with Crippen LogP contribution < -0.4 is 5.73 Å². The van der Waals surface area contributed by atoms with Crippen LogP contribution in [0.1, 0.15) is 43.1 Å². The van der Waals surface area contributed by atoms with Gasteiger partial charge in [0.25, 0.3) is 0 Å². The molecule has 18 heavy (non-hydrogen) atoms. The highest BCUT2D eigenvalue weighted by Gasteiger charge is 2.49. The van der Waals surface area contributed by atoms with E-state index in [1.165, 1.54) is 6.42 Å².